The number of ether oxygens (including phenoxy) is 1. The SMILES string of the molecule is COC(=O)c1cc(Br)ccc1NC(=O)c1nc(-c2ccccc2)oc1C. The van der Waals surface area contributed by atoms with Crippen LogP contribution in [0.2, 0.25) is 0 Å². The van der Waals surface area contributed by atoms with Crippen molar-refractivity contribution in [1.29, 1.82) is 0 Å². The maximum atomic E-state index is 12.6. The van der Waals surface area contributed by atoms with Crippen LogP contribution in [0.5, 0.6) is 0 Å². The summed E-state index contributed by atoms with van der Waals surface area (Å²) < 4.78 is 11.1. The van der Waals surface area contributed by atoms with E-state index in [1.54, 1.807) is 25.1 Å². The van der Waals surface area contributed by atoms with Crippen molar-refractivity contribution in [3.05, 3.63) is 70.0 Å². The van der Waals surface area contributed by atoms with Gasteiger partial charge in [0.15, 0.2) is 5.69 Å². The number of aryl methyl sites for hydroxylation is 1. The standard InChI is InChI=1S/C19H15BrN2O4/c1-11-16(22-18(26-11)12-6-4-3-5-7-12)17(23)21-15-9-8-13(20)10-14(15)19(24)25-2/h3-10H,1-2H3,(H,21,23). The lowest BCUT2D eigenvalue weighted by molar-refractivity contribution is 0.0602. The molecule has 0 aliphatic carbocycles. The maximum Gasteiger partial charge on any atom is 0.340 e. The third-order valence-corrected chi connectivity index (χ3v) is 4.16. The van der Waals surface area contributed by atoms with Gasteiger partial charge in [-0.05, 0) is 37.3 Å². The summed E-state index contributed by atoms with van der Waals surface area (Å²) in [4.78, 5) is 28.8. The second-order valence-corrected chi connectivity index (χ2v) is 6.34. The number of aromatic nitrogens is 1. The molecule has 6 nitrogen and oxygen atoms in total. The van der Waals surface area contributed by atoms with Gasteiger partial charge in [0.1, 0.15) is 5.76 Å². The number of esters is 1. The Morgan fingerprint density at radius 3 is 2.58 bits per heavy atom. The predicted octanol–water partition coefficient (Wildman–Crippen LogP) is 4.45. The van der Waals surface area contributed by atoms with Gasteiger partial charge in [-0.15, -0.1) is 0 Å². The molecule has 132 valence electrons. The van der Waals surface area contributed by atoms with Gasteiger partial charge in [0.05, 0.1) is 18.4 Å². The second kappa shape index (κ2) is 7.53. The lowest BCUT2D eigenvalue weighted by atomic mass is 10.1. The average Bonchev–Trinajstić information content (AvgIpc) is 3.05. The minimum absolute atomic E-state index is 0.155. The Kier molecular flexibility index (Phi) is 5.18. The number of hydrogen-bond donors (Lipinski definition) is 1. The Labute approximate surface area is 158 Å². The summed E-state index contributed by atoms with van der Waals surface area (Å²) in [7, 11) is 1.28. The number of nitrogens with one attached hydrogen (secondary N) is 1. The molecule has 0 aliphatic heterocycles. The van der Waals surface area contributed by atoms with Crippen molar-refractivity contribution in [2.75, 3.05) is 12.4 Å². The van der Waals surface area contributed by atoms with Crippen molar-refractivity contribution < 1.29 is 18.7 Å². The zero-order chi connectivity index (χ0) is 18.7. The van der Waals surface area contributed by atoms with E-state index in [2.05, 4.69) is 26.2 Å². The average molecular weight is 415 g/mol. The number of carbonyl (C=O) groups excluding carboxylic acids is 2. The van der Waals surface area contributed by atoms with Crippen molar-refractivity contribution in [1.82, 2.24) is 4.98 Å². The summed E-state index contributed by atoms with van der Waals surface area (Å²) in [6.07, 6.45) is 0. The van der Waals surface area contributed by atoms with Crippen LogP contribution in [-0.2, 0) is 4.74 Å². The van der Waals surface area contributed by atoms with Gasteiger partial charge in [-0.3, -0.25) is 4.79 Å². The molecule has 0 saturated heterocycles. The molecule has 0 atom stereocenters. The number of methoxy groups -OCH3 is 1. The molecule has 3 rings (SSSR count). The third-order valence-electron chi connectivity index (χ3n) is 3.67. The topological polar surface area (TPSA) is 81.4 Å². The van der Waals surface area contributed by atoms with Crippen LogP contribution in [0.4, 0.5) is 5.69 Å². The third kappa shape index (κ3) is 3.67. The van der Waals surface area contributed by atoms with E-state index >= 15 is 0 Å². The summed E-state index contributed by atoms with van der Waals surface area (Å²) in [6, 6.07) is 14.2. The smallest absolute Gasteiger partial charge is 0.340 e. The van der Waals surface area contributed by atoms with E-state index in [1.165, 1.54) is 7.11 Å². The first-order valence-electron chi connectivity index (χ1n) is 7.71. The van der Waals surface area contributed by atoms with E-state index in [0.717, 1.165) is 5.56 Å². The molecule has 0 bridgehead atoms. The number of carbonyl (C=O) groups is 2. The van der Waals surface area contributed by atoms with Crippen molar-refractivity contribution in [2.45, 2.75) is 6.92 Å². The first-order valence-corrected chi connectivity index (χ1v) is 8.51. The van der Waals surface area contributed by atoms with E-state index < -0.39 is 11.9 Å². The number of anilines is 1. The summed E-state index contributed by atoms with van der Waals surface area (Å²) in [5.74, 6) is -0.278. The highest BCUT2D eigenvalue weighted by molar-refractivity contribution is 9.10. The highest BCUT2D eigenvalue weighted by Gasteiger charge is 2.21. The lowest BCUT2D eigenvalue weighted by Gasteiger charge is -2.09. The molecule has 1 aromatic heterocycles. The van der Waals surface area contributed by atoms with Gasteiger partial charge in [0.2, 0.25) is 5.89 Å². The Bertz CT molecular complexity index is 967. The first-order chi connectivity index (χ1) is 12.5. The van der Waals surface area contributed by atoms with Gasteiger partial charge in [-0.1, -0.05) is 34.1 Å². The van der Waals surface area contributed by atoms with Crippen molar-refractivity contribution >= 4 is 33.5 Å². The summed E-state index contributed by atoms with van der Waals surface area (Å²) in [5.41, 5.74) is 1.49. The molecule has 0 saturated carbocycles. The van der Waals surface area contributed by atoms with Gasteiger partial charge >= 0.3 is 5.97 Å². The molecule has 3 aromatic rings. The molecule has 0 unspecified atom stereocenters. The van der Waals surface area contributed by atoms with Crippen LogP contribution in [0.15, 0.2) is 57.4 Å². The molecule has 1 amide bonds. The van der Waals surface area contributed by atoms with Gasteiger partial charge in [0, 0.05) is 10.0 Å². The highest BCUT2D eigenvalue weighted by atomic mass is 79.9. The van der Waals surface area contributed by atoms with Crippen LogP contribution in [-0.4, -0.2) is 24.0 Å². The Balaban J connectivity index is 1.90. The number of halogens is 1. The largest absolute Gasteiger partial charge is 0.465 e. The van der Waals surface area contributed by atoms with Gasteiger partial charge in [-0.2, -0.15) is 0 Å². The maximum absolute atomic E-state index is 12.6. The molecule has 7 heteroatoms. The molecule has 0 radical (unpaired) electrons. The van der Waals surface area contributed by atoms with E-state index in [9.17, 15) is 9.59 Å². The first kappa shape index (κ1) is 17.9. The van der Waals surface area contributed by atoms with Gasteiger partial charge in [-0.25, -0.2) is 9.78 Å². The fourth-order valence-electron chi connectivity index (χ4n) is 2.40. The molecule has 1 heterocycles. The highest BCUT2D eigenvalue weighted by Crippen LogP contribution is 2.25. The van der Waals surface area contributed by atoms with Crippen LogP contribution < -0.4 is 5.32 Å². The summed E-state index contributed by atoms with van der Waals surface area (Å²) in [5, 5.41) is 2.69. The fourth-order valence-corrected chi connectivity index (χ4v) is 2.76. The van der Waals surface area contributed by atoms with Crippen LogP contribution in [0.3, 0.4) is 0 Å². The predicted molar refractivity (Wildman–Crippen MR) is 100 cm³/mol. The Hall–Kier alpha value is -2.93. The molecular weight excluding hydrogens is 400 g/mol. The van der Waals surface area contributed by atoms with Crippen molar-refractivity contribution in [3.63, 3.8) is 0 Å². The number of nitrogens with zero attached hydrogens (tertiary/aromatic N) is 1. The van der Waals surface area contributed by atoms with E-state index in [-0.39, 0.29) is 11.3 Å². The minimum atomic E-state index is -0.552. The number of hydrogen-bond acceptors (Lipinski definition) is 5. The number of benzene rings is 2. The molecule has 0 fully saturated rings. The number of amides is 1. The van der Waals surface area contributed by atoms with Crippen LogP contribution in [0.25, 0.3) is 11.5 Å². The molecule has 26 heavy (non-hydrogen) atoms. The van der Waals surface area contributed by atoms with Gasteiger partial charge < -0.3 is 14.5 Å². The summed E-state index contributed by atoms with van der Waals surface area (Å²) in [6.45, 7) is 1.66. The van der Waals surface area contributed by atoms with Crippen molar-refractivity contribution in [3.8, 4) is 11.5 Å². The molecule has 2 aromatic carbocycles. The molecule has 0 aliphatic rings. The zero-order valence-corrected chi connectivity index (χ0v) is 15.7. The molecular formula is C19H15BrN2O4. The monoisotopic (exact) mass is 414 g/mol. The number of rotatable bonds is 4. The molecule has 0 spiro atoms. The van der Waals surface area contributed by atoms with Crippen LogP contribution >= 0.6 is 15.9 Å². The van der Waals surface area contributed by atoms with E-state index in [4.69, 9.17) is 9.15 Å². The number of oxazole rings is 1. The quantitative estimate of drug-likeness (QED) is 0.637. The second-order valence-electron chi connectivity index (χ2n) is 5.43. The van der Waals surface area contributed by atoms with E-state index in [1.807, 2.05) is 30.3 Å². The fraction of sp³-hybridized carbons (Fsp3) is 0.105. The lowest BCUT2D eigenvalue weighted by Crippen LogP contribution is -2.16. The Morgan fingerprint density at radius 2 is 1.88 bits per heavy atom. The van der Waals surface area contributed by atoms with Gasteiger partial charge in [0.25, 0.3) is 5.91 Å². The zero-order valence-electron chi connectivity index (χ0n) is 14.1. The molecule has 1 N–H and O–H groups in total. The van der Waals surface area contributed by atoms with Crippen LogP contribution in [0, 0.1) is 6.92 Å². The summed E-state index contributed by atoms with van der Waals surface area (Å²) >= 11 is 3.30. The normalized spacial score (nSPS) is 10.4. The Morgan fingerprint density at radius 1 is 1.15 bits per heavy atom. The van der Waals surface area contributed by atoms with E-state index in [0.29, 0.717) is 21.8 Å². The van der Waals surface area contributed by atoms with Crippen LogP contribution in [0.1, 0.15) is 26.6 Å². The van der Waals surface area contributed by atoms with Crippen molar-refractivity contribution in [2.24, 2.45) is 0 Å². The minimum Gasteiger partial charge on any atom is -0.465 e.